The van der Waals surface area contributed by atoms with E-state index in [-0.39, 0.29) is 23.6 Å². The van der Waals surface area contributed by atoms with Crippen molar-refractivity contribution in [1.29, 1.82) is 0 Å². The zero-order chi connectivity index (χ0) is 15.2. The highest BCUT2D eigenvalue weighted by Gasteiger charge is 2.51. The second-order valence-electron chi connectivity index (χ2n) is 7.77. The van der Waals surface area contributed by atoms with Crippen LogP contribution in [-0.4, -0.2) is 18.4 Å². The summed E-state index contributed by atoms with van der Waals surface area (Å²) in [6.07, 6.45) is 6.52. The summed E-state index contributed by atoms with van der Waals surface area (Å²) in [7, 11) is 0. The van der Waals surface area contributed by atoms with Gasteiger partial charge in [-0.1, -0.05) is 26.8 Å². The van der Waals surface area contributed by atoms with E-state index in [4.69, 9.17) is 4.74 Å². The maximum absolute atomic E-state index is 12.2. The third-order valence-electron chi connectivity index (χ3n) is 6.22. The molecule has 4 aliphatic rings. The first-order valence-electron chi connectivity index (χ1n) is 8.28. The Morgan fingerprint density at radius 1 is 1.38 bits per heavy atom. The lowest BCUT2D eigenvalue weighted by Gasteiger charge is -2.56. The Morgan fingerprint density at radius 3 is 2.76 bits per heavy atom. The third kappa shape index (κ3) is 2.56. The van der Waals surface area contributed by atoms with Crippen molar-refractivity contribution in [3.8, 4) is 0 Å². The number of hydrogen-bond donors (Lipinski definition) is 0. The summed E-state index contributed by atoms with van der Waals surface area (Å²) in [5.74, 6) is 1.52. The lowest BCUT2D eigenvalue weighted by atomic mass is 9.49. The van der Waals surface area contributed by atoms with Crippen LogP contribution in [0.5, 0.6) is 0 Å². The van der Waals surface area contributed by atoms with Gasteiger partial charge in [0, 0.05) is 12.3 Å². The molecule has 4 atom stereocenters. The predicted molar refractivity (Wildman–Crippen MR) is 80.5 cm³/mol. The third-order valence-corrected chi connectivity index (χ3v) is 6.22. The molecule has 0 heterocycles. The number of allylic oxidation sites excluding steroid dienone is 1. The van der Waals surface area contributed by atoms with E-state index in [9.17, 15) is 9.59 Å². The van der Waals surface area contributed by atoms with Gasteiger partial charge in [0.05, 0.1) is 5.92 Å². The van der Waals surface area contributed by atoms with E-state index in [1.54, 1.807) is 0 Å². The standard InChI is InChI=1S/C18H26O3/c1-11-8-12(5-7-16(11)19)17(20)21-10-13-4-6-14-9-15(13)18(14,2)3/h4,11-12,14-15H,5-10H2,1-3H3/t11?,12?,14-,15-/m0/s1. The number of esters is 1. The molecule has 116 valence electrons. The fourth-order valence-electron chi connectivity index (χ4n) is 4.37. The molecule has 4 aliphatic carbocycles. The van der Waals surface area contributed by atoms with E-state index >= 15 is 0 Å². The molecule has 0 aromatic rings. The van der Waals surface area contributed by atoms with Crippen molar-refractivity contribution in [3.05, 3.63) is 11.6 Å². The summed E-state index contributed by atoms with van der Waals surface area (Å²) >= 11 is 0. The molecule has 0 aliphatic heterocycles. The Hall–Kier alpha value is -1.12. The smallest absolute Gasteiger partial charge is 0.309 e. The van der Waals surface area contributed by atoms with E-state index in [1.165, 1.54) is 12.0 Å². The van der Waals surface area contributed by atoms with E-state index < -0.39 is 0 Å². The van der Waals surface area contributed by atoms with Gasteiger partial charge in [-0.15, -0.1) is 0 Å². The summed E-state index contributed by atoms with van der Waals surface area (Å²) in [6.45, 7) is 7.03. The highest BCUT2D eigenvalue weighted by molar-refractivity contribution is 5.84. The molecule has 0 saturated heterocycles. The molecule has 0 spiro atoms. The zero-order valence-corrected chi connectivity index (χ0v) is 13.4. The van der Waals surface area contributed by atoms with Gasteiger partial charge >= 0.3 is 5.97 Å². The van der Waals surface area contributed by atoms with Crippen molar-refractivity contribution >= 4 is 11.8 Å². The van der Waals surface area contributed by atoms with Crippen LogP contribution in [0.4, 0.5) is 0 Å². The average Bonchev–Trinajstić information content (AvgIpc) is 2.47. The molecule has 21 heavy (non-hydrogen) atoms. The molecular formula is C18H26O3. The number of ether oxygens (including phenoxy) is 1. The molecule has 3 nitrogen and oxygen atoms in total. The van der Waals surface area contributed by atoms with Crippen LogP contribution in [0.25, 0.3) is 0 Å². The Bertz CT molecular complexity index is 489. The molecular weight excluding hydrogens is 264 g/mol. The number of fused-ring (bicyclic) bond motifs is 1. The quantitative estimate of drug-likeness (QED) is 0.590. The molecule has 0 amide bonds. The first kappa shape index (κ1) is 14.8. The molecule has 0 N–H and O–H groups in total. The lowest BCUT2D eigenvalue weighted by Crippen LogP contribution is -2.48. The number of rotatable bonds is 3. The highest BCUT2D eigenvalue weighted by Crippen LogP contribution is 2.59. The summed E-state index contributed by atoms with van der Waals surface area (Å²) in [4.78, 5) is 23.7. The van der Waals surface area contributed by atoms with Gasteiger partial charge < -0.3 is 4.74 Å². The molecule has 4 rings (SSSR count). The van der Waals surface area contributed by atoms with Crippen molar-refractivity contribution in [3.63, 3.8) is 0 Å². The van der Waals surface area contributed by atoms with Crippen molar-refractivity contribution in [2.45, 2.75) is 52.9 Å². The SMILES string of the molecule is CC1CC(C(=O)OCC2=CC[C@H]3C[C@@H]2C3(C)C)CCC1=O. The van der Waals surface area contributed by atoms with Crippen molar-refractivity contribution in [2.75, 3.05) is 6.61 Å². The molecule has 2 fully saturated rings. The average molecular weight is 290 g/mol. The first-order chi connectivity index (χ1) is 9.89. The van der Waals surface area contributed by atoms with Crippen LogP contribution in [0.3, 0.4) is 0 Å². The predicted octanol–water partition coefficient (Wildman–Crippen LogP) is 3.53. The summed E-state index contributed by atoms with van der Waals surface area (Å²) in [6, 6.07) is 0. The van der Waals surface area contributed by atoms with Gasteiger partial charge in [0.1, 0.15) is 12.4 Å². The Labute approximate surface area is 127 Å². The fourth-order valence-corrected chi connectivity index (χ4v) is 4.37. The molecule has 0 aromatic carbocycles. The Kier molecular flexibility index (Phi) is 3.71. The van der Waals surface area contributed by atoms with Crippen LogP contribution in [0.2, 0.25) is 0 Å². The fraction of sp³-hybridized carbons (Fsp3) is 0.778. The maximum atomic E-state index is 12.2. The molecule has 2 unspecified atom stereocenters. The Morgan fingerprint density at radius 2 is 2.14 bits per heavy atom. The van der Waals surface area contributed by atoms with E-state index in [1.807, 2.05) is 6.92 Å². The Balaban J connectivity index is 1.53. The van der Waals surface area contributed by atoms with Crippen LogP contribution in [0, 0.1) is 29.1 Å². The minimum Gasteiger partial charge on any atom is -0.461 e. The van der Waals surface area contributed by atoms with Crippen LogP contribution in [0.1, 0.15) is 52.9 Å². The second-order valence-corrected chi connectivity index (χ2v) is 7.77. The van der Waals surface area contributed by atoms with Gasteiger partial charge in [0.15, 0.2) is 0 Å². The van der Waals surface area contributed by atoms with E-state index in [0.717, 1.165) is 12.3 Å². The monoisotopic (exact) mass is 290 g/mol. The maximum Gasteiger partial charge on any atom is 0.309 e. The number of carbonyl (C=O) groups is 2. The largest absolute Gasteiger partial charge is 0.461 e. The number of carbonyl (C=O) groups excluding carboxylic acids is 2. The van der Waals surface area contributed by atoms with Crippen LogP contribution < -0.4 is 0 Å². The minimum atomic E-state index is -0.102. The van der Waals surface area contributed by atoms with Gasteiger partial charge in [0.25, 0.3) is 0 Å². The van der Waals surface area contributed by atoms with Gasteiger partial charge in [-0.25, -0.2) is 0 Å². The number of Topliss-reactive ketones (excluding diaryl/α,β-unsaturated/α-hetero) is 1. The van der Waals surface area contributed by atoms with Gasteiger partial charge in [0.2, 0.25) is 0 Å². The van der Waals surface area contributed by atoms with Crippen LogP contribution in [-0.2, 0) is 14.3 Å². The van der Waals surface area contributed by atoms with Crippen molar-refractivity contribution in [1.82, 2.24) is 0 Å². The topological polar surface area (TPSA) is 43.4 Å². The second kappa shape index (κ2) is 5.26. The molecule has 2 bridgehead atoms. The van der Waals surface area contributed by atoms with Gasteiger partial charge in [-0.3, -0.25) is 9.59 Å². The summed E-state index contributed by atoms with van der Waals surface area (Å²) < 4.78 is 5.57. The summed E-state index contributed by atoms with van der Waals surface area (Å²) in [5.41, 5.74) is 1.69. The van der Waals surface area contributed by atoms with Gasteiger partial charge in [-0.05, 0) is 48.5 Å². The molecule has 3 heteroatoms. The van der Waals surface area contributed by atoms with Crippen LogP contribution in [0.15, 0.2) is 11.6 Å². The van der Waals surface area contributed by atoms with E-state index in [2.05, 4.69) is 19.9 Å². The zero-order valence-electron chi connectivity index (χ0n) is 13.4. The molecule has 0 aromatic heterocycles. The normalized spacial score (nSPS) is 37.5. The van der Waals surface area contributed by atoms with Gasteiger partial charge in [-0.2, -0.15) is 0 Å². The summed E-state index contributed by atoms with van der Waals surface area (Å²) in [5, 5.41) is 0. The molecule has 0 radical (unpaired) electrons. The van der Waals surface area contributed by atoms with Crippen molar-refractivity contribution < 1.29 is 14.3 Å². The minimum absolute atomic E-state index is 0.0107. The number of ketones is 1. The first-order valence-corrected chi connectivity index (χ1v) is 8.28. The lowest BCUT2D eigenvalue weighted by molar-refractivity contribution is -0.150. The molecule has 2 saturated carbocycles. The highest BCUT2D eigenvalue weighted by atomic mass is 16.5. The van der Waals surface area contributed by atoms with E-state index in [0.29, 0.717) is 37.2 Å². The number of hydrogen-bond acceptors (Lipinski definition) is 3. The van der Waals surface area contributed by atoms with Crippen LogP contribution >= 0.6 is 0 Å². The van der Waals surface area contributed by atoms with Crippen molar-refractivity contribution in [2.24, 2.45) is 29.1 Å².